The first-order valence-corrected chi connectivity index (χ1v) is 5.54. The molecular formula is C12H12OS. The maximum Gasteiger partial charge on any atom is 0.0540 e. The Labute approximate surface area is 87.7 Å². The topological polar surface area (TPSA) is 20.2 Å². The first-order chi connectivity index (χ1) is 6.92. The van der Waals surface area contributed by atoms with E-state index in [0.717, 1.165) is 0 Å². The van der Waals surface area contributed by atoms with Gasteiger partial charge in [0.1, 0.15) is 0 Å². The third-order valence-electron chi connectivity index (χ3n) is 2.33. The Morgan fingerprint density at radius 3 is 2.43 bits per heavy atom. The third-order valence-corrected chi connectivity index (χ3v) is 3.03. The van der Waals surface area contributed by atoms with Gasteiger partial charge in [0.05, 0.1) is 6.61 Å². The highest BCUT2D eigenvalue weighted by molar-refractivity contribution is 7.08. The molecule has 0 spiro atoms. The van der Waals surface area contributed by atoms with E-state index in [4.69, 9.17) is 0 Å². The Hall–Kier alpha value is -1.12. The lowest BCUT2D eigenvalue weighted by Gasteiger charge is -2.12. The summed E-state index contributed by atoms with van der Waals surface area (Å²) in [5.41, 5.74) is 2.37. The molecule has 2 heteroatoms. The molecule has 1 atom stereocenters. The molecule has 0 aliphatic rings. The lowest BCUT2D eigenvalue weighted by Crippen LogP contribution is -2.04. The molecule has 14 heavy (non-hydrogen) atoms. The van der Waals surface area contributed by atoms with Crippen LogP contribution in [0.4, 0.5) is 0 Å². The molecule has 0 bridgehead atoms. The van der Waals surface area contributed by atoms with Gasteiger partial charge in [0, 0.05) is 5.92 Å². The van der Waals surface area contributed by atoms with Crippen molar-refractivity contribution in [3.05, 3.63) is 58.3 Å². The molecule has 1 unspecified atom stereocenters. The van der Waals surface area contributed by atoms with E-state index in [1.54, 1.807) is 11.3 Å². The highest BCUT2D eigenvalue weighted by Gasteiger charge is 2.12. The molecule has 1 aromatic carbocycles. The minimum atomic E-state index is 0.127. The van der Waals surface area contributed by atoms with E-state index in [1.165, 1.54) is 11.1 Å². The molecule has 2 aromatic rings. The molecule has 1 aromatic heterocycles. The zero-order chi connectivity index (χ0) is 9.80. The Morgan fingerprint density at radius 2 is 1.86 bits per heavy atom. The van der Waals surface area contributed by atoms with Crippen LogP contribution in [0.25, 0.3) is 0 Å². The smallest absolute Gasteiger partial charge is 0.0540 e. The van der Waals surface area contributed by atoms with E-state index in [0.29, 0.717) is 0 Å². The van der Waals surface area contributed by atoms with Crippen LogP contribution in [-0.4, -0.2) is 11.7 Å². The molecule has 1 nitrogen and oxygen atoms in total. The fourth-order valence-electron chi connectivity index (χ4n) is 1.56. The first-order valence-electron chi connectivity index (χ1n) is 4.59. The Kier molecular flexibility index (Phi) is 2.96. The predicted octanol–water partition coefficient (Wildman–Crippen LogP) is 2.87. The maximum absolute atomic E-state index is 9.36. The van der Waals surface area contributed by atoms with Gasteiger partial charge in [0.15, 0.2) is 0 Å². The number of aliphatic hydroxyl groups is 1. The molecule has 1 N–H and O–H groups in total. The lowest BCUT2D eigenvalue weighted by molar-refractivity contribution is 0.281. The minimum absolute atomic E-state index is 0.127. The van der Waals surface area contributed by atoms with Gasteiger partial charge in [0.25, 0.3) is 0 Å². The van der Waals surface area contributed by atoms with Crippen LogP contribution in [0.2, 0.25) is 0 Å². The first kappa shape index (κ1) is 9.44. The lowest BCUT2D eigenvalue weighted by atomic mass is 9.94. The molecule has 2 rings (SSSR count). The van der Waals surface area contributed by atoms with Crippen molar-refractivity contribution in [1.29, 1.82) is 0 Å². The molecule has 0 amide bonds. The summed E-state index contributed by atoms with van der Waals surface area (Å²) in [6, 6.07) is 12.2. The van der Waals surface area contributed by atoms with Crippen LogP contribution in [0.5, 0.6) is 0 Å². The fourth-order valence-corrected chi connectivity index (χ4v) is 2.28. The molecule has 0 aliphatic carbocycles. The predicted molar refractivity (Wildman–Crippen MR) is 59.7 cm³/mol. The highest BCUT2D eigenvalue weighted by Crippen LogP contribution is 2.25. The number of hydrogen-bond acceptors (Lipinski definition) is 2. The fraction of sp³-hybridized carbons (Fsp3) is 0.167. The number of hydrogen-bond donors (Lipinski definition) is 1. The van der Waals surface area contributed by atoms with Gasteiger partial charge in [-0.05, 0) is 28.0 Å². The standard InChI is InChI=1S/C12H12OS/c13-8-12(11-6-7-14-9-11)10-4-2-1-3-5-10/h1-7,9,12-13H,8H2. The van der Waals surface area contributed by atoms with E-state index in [-0.39, 0.29) is 12.5 Å². The number of thiophene rings is 1. The van der Waals surface area contributed by atoms with Crippen molar-refractivity contribution in [3.63, 3.8) is 0 Å². The van der Waals surface area contributed by atoms with E-state index < -0.39 is 0 Å². The monoisotopic (exact) mass is 204 g/mol. The van der Waals surface area contributed by atoms with E-state index >= 15 is 0 Å². The van der Waals surface area contributed by atoms with Crippen LogP contribution in [0, 0.1) is 0 Å². The minimum Gasteiger partial charge on any atom is -0.395 e. The van der Waals surface area contributed by atoms with Crippen molar-refractivity contribution in [2.24, 2.45) is 0 Å². The summed E-state index contributed by atoms with van der Waals surface area (Å²) in [7, 11) is 0. The van der Waals surface area contributed by atoms with Crippen LogP contribution in [0.15, 0.2) is 47.2 Å². The zero-order valence-corrected chi connectivity index (χ0v) is 8.58. The Balaban J connectivity index is 2.31. The number of rotatable bonds is 3. The third kappa shape index (κ3) is 1.86. The average molecular weight is 204 g/mol. The second-order valence-electron chi connectivity index (χ2n) is 3.20. The Bertz CT molecular complexity index is 366. The van der Waals surface area contributed by atoms with Crippen LogP contribution in [0.3, 0.4) is 0 Å². The molecular weight excluding hydrogens is 192 g/mol. The van der Waals surface area contributed by atoms with E-state index in [2.05, 4.69) is 23.6 Å². The maximum atomic E-state index is 9.36. The molecule has 0 fully saturated rings. The zero-order valence-electron chi connectivity index (χ0n) is 7.76. The van der Waals surface area contributed by atoms with Crippen LogP contribution in [0.1, 0.15) is 17.0 Å². The second kappa shape index (κ2) is 4.40. The van der Waals surface area contributed by atoms with Crippen molar-refractivity contribution in [1.82, 2.24) is 0 Å². The van der Waals surface area contributed by atoms with Crippen LogP contribution in [-0.2, 0) is 0 Å². The average Bonchev–Trinajstić information content (AvgIpc) is 2.74. The molecule has 72 valence electrons. The van der Waals surface area contributed by atoms with Gasteiger partial charge < -0.3 is 5.11 Å². The van der Waals surface area contributed by atoms with Crippen molar-refractivity contribution in [2.75, 3.05) is 6.61 Å². The summed E-state index contributed by atoms with van der Waals surface area (Å²) in [5.74, 6) is 0.127. The molecule has 0 saturated carbocycles. The summed E-state index contributed by atoms with van der Waals surface area (Å²) in [5, 5.41) is 13.5. The van der Waals surface area contributed by atoms with Gasteiger partial charge in [-0.3, -0.25) is 0 Å². The molecule has 0 radical (unpaired) electrons. The van der Waals surface area contributed by atoms with Gasteiger partial charge in [-0.25, -0.2) is 0 Å². The SMILES string of the molecule is OCC(c1ccccc1)c1ccsc1. The molecule has 0 saturated heterocycles. The van der Waals surface area contributed by atoms with Gasteiger partial charge in [0.2, 0.25) is 0 Å². The number of benzene rings is 1. The van der Waals surface area contributed by atoms with Gasteiger partial charge in [-0.2, -0.15) is 11.3 Å². The largest absolute Gasteiger partial charge is 0.395 e. The molecule has 0 aliphatic heterocycles. The van der Waals surface area contributed by atoms with Crippen LogP contribution >= 0.6 is 11.3 Å². The van der Waals surface area contributed by atoms with Gasteiger partial charge in [-0.15, -0.1) is 0 Å². The van der Waals surface area contributed by atoms with Crippen molar-refractivity contribution in [2.45, 2.75) is 5.92 Å². The van der Waals surface area contributed by atoms with Gasteiger partial charge >= 0.3 is 0 Å². The van der Waals surface area contributed by atoms with Gasteiger partial charge in [-0.1, -0.05) is 30.3 Å². The summed E-state index contributed by atoms with van der Waals surface area (Å²) >= 11 is 1.67. The van der Waals surface area contributed by atoms with Crippen molar-refractivity contribution < 1.29 is 5.11 Å². The second-order valence-corrected chi connectivity index (χ2v) is 3.98. The summed E-state index contributed by atoms with van der Waals surface area (Å²) in [6.45, 7) is 0.167. The van der Waals surface area contributed by atoms with E-state index in [9.17, 15) is 5.11 Å². The van der Waals surface area contributed by atoms with Crippen molar-refractivity contribution in [3.8, 4) is 0 Å². The summed E-state index contributed by atoms with van der Waals surface area (Å²) in [6.07, 6.45) is 0. The molecule has 1 heterocycles. The van der Waals surface area contributed by atoms with E-state index in [1.807, 2.05) is 23.6 Å². The Morgan fingerprint density at radius 1 is 1.07 bits per heavy atom. The highest BCUT2D eigenvalue weighted by atomic mass is 32.1. The summed E-state index contributed by atoms with van der Waals surface area (Å²) < 4.78 is 0. The van der Waals surface area contributed by atoms with Crippen molar-refractivity contribution >= 4 is 11.3 Å². The summed E-state index contributed by atoms with van der Waals surface area (Å²) in [4.78, 5) is 0. The van der Waals surface area contributed by atoms with Crippen LogP contribution < -0.4 is 0 Å². The normalized spacial score (nSPS) is 12.6. The number of aliphatic hydroxyl groups excluding tert-OH is 1. The quantitative estimate of drug-likeness (QED) is 0.815.